The largest absolute Gasteiger partial charge is 0.330 e. The Kier molecular flexibility index (Phi) is 2.45. The number of hydrogen-bond donors (Lipinski definition) is 2. The number of rotatable bonds is 3. The van der Waals surface area contributed by atoms with Gasteiger partial charge in [0.15, 0.2) is 0 Å². The quantitative estimate of drug-likeness (QED) is 0.777. The van der Waals surface area contributed by atoms with Crippen molar-refractivity contribution in [1.29, 1.82) is 0 Å². The molecule has 0 bridgehead atoms. The van der Waals surface area contributed by atoms with E-state index in [2.05, 4.69) is 10.2 Å². The first kappa shape index (κ1) is 9.15. The van der Waals surface area contributed by atoms with Gasteiger partial charge in [0.2, 0.25) is 0 Å². The molecule has 0 fully saturated rings. The summed E-state index contributed by atoms with van der Waals surface area (Å²) in [7, 11) is 0. The molecule has 0 aliphatic carbocycles. The number of H-pyrrole nitrogens is 1. The number of hydrogen-bond acceptors (Lipinski definition) is 2. The van der Waals surface area contributed by atoms with Crippen LogP contribution in [0.1, 0.15) is 12.1 Å². The Morgan fingerprint density at radius 3 is 3.07 bits per heavy atom. The zero-order chi connectivity index (χ0) is 9.97. The standard InChI is InChI=1S/C10H12FN3/c11-7-3-4-8-9(2-1-5-12)13-14-10(8)6-7/h3-4,6H,1-2,5,12H2,(H,13,14). The maximum atomic E-state index is 12.8. The number of benzene rings is 1. The van der Waals surface area contributed by atoms with Gasteiger partial charge < -0.3 is 5.73 Å². The molecular formula is C10H12FN3. The predicted octanol–water partition coefficient (Wildman–Crippen LogP) is 1.59. The summed E-state index contributed by atoms with van der Waals surface area (Å²) in [5.74, 6) is -0.255. The average Bonchev–Trinajstić information content (AvgIpc) is 2.57. The number of nitrogens with two attached hydrogens (primary N) is 1. The summed E-state index contributed by atoms with van der Waals surface area (Å²) in [5.41, 5.74) is 7.13. The van der Waals surface area contributed by atoms with E-state index in [1.807, 2.05) is 0 Å². The molecule has 0 aliphatic heterocycles. The second-order valence-corrected chi connectivity index (χ2v) is 3.26. The highest BCUT2D eigenvalue weighted by molar-refractivity contribution is 5.81. The van der Waals surface area contributed by atoms with Crippen LogP contribution in [-0.4, -0.2) is 16.7 Å². The number of nitrogens with one attached hydrogen (secondary N) is 1. The first-order chi connectivity index (χ1) is 6.81. The molecule has 1 aromatic carbocycles. The maximum absolute atomic E-state index is 12.8. The van der Waals surface area contributed by atoms with E-state index in [0.29, 0.717) is 12.1 Å². The lowest BCUT2D eigenvalue weighted by Gasteiger charge is -1.95. The summed E-state index contributed by atoms with van der Waals surface area (Å²) in [6, 6.07) is 4.63. The Labute approximate surface area is 81.1 Å². The molecule has 1 heterocycles. The number of fused-ring (bicyclic) bond motifs is 1. The van der Waals surface area contributed by atoms with E-state index >= 15 is 0 Å². The number of nitrogens with zero attached hydrogens (tertiary/aromatic N) is 1. The summed E-state index contributed by atoms with van der Waals surface area (Å²) in [5, 5.41) is 7.92. The molecule has 0 spiro atoms. The topological polar surface area (TPSA) is 54.7 Å². The van der Waals surface area contributed by atoms with Crippen LogP contribution in [0.4, 0.5) is 4.39 Å². The molecule has 3 N–H and O–H groups in total. The van der Waals surface area contributed by atoms with Gasteiger partial charge >= 0.3 is 0 Å². The van der Waals surface area contributed by atoms with Gasteiger partial charge in [-0.15, -0.1) is 0 Å². The molecule has 0 saturated carbocycles. The highest BCUT2D eigenvalue weighted by Gasteiger charge is 2.04. The molecule has 0 saturated heterocycles. The molecule has 14 heavy (non-hydrogen) atoms. The predicted molar refractivity (Wildman–Crippen MR) is 53.4 cm³/mol. The van der Waals surface area contributed by atoms with Crippen molar-refractivity contribution < 1.29 is 4.39 Å². The number of aromatic amines is 1. The van der Waals surface area contributed by atoms with Crippen molar-refractivity contribution in [2.45, 2.75) is 12.8 Å². The highest BCUT2D eigenvalue weighted by atomic mass is 19.1. The van der Waals surface area contributed by atoms with Crippen molar-refractivity contribution in [2.75, 3.05) is 6.54 Å². The van der Waals surface area contributed by atoms with Crippen LogP contribution in [0.25, 0.3) is 10.9 Å². The second-order valence-electron chi connectivity index (χ2n) is 3.26. The van der Waals surface area contributed by atoms with E-state index in [1.165, 1.54) is 12.1 Å². The van der Waals surface area contributed by atoms with Gasteiger partial charge in [-0.1, -0.05) is 0 Å². The lowest BCUT2D eigenvalue weighted by molar-refractivity contribution is 0.629. The first-order valence-corrected chi connectivity index (χ1v) is 4.64. The van der Waals surface area contributed by atoms with Crippen molar-refractivity contribution in [2.24, 2.45) is 5.73 Å². The zero-order valence-electron chi connectivity index (χ0n) is 7.76. The second kappa shape index (κ2) is 3.75. The summed E-state index contributed by atoms with van der Waals surface area (Å²) < 4.78 is 12.8. The molecule has 0 aliphatic rings. The lowest BCUT2D eigenvalue weighted by Crippen LogP contribution is -2.00. The fourth-order valence-electron chi connectivity index (χ4n) is 1.51. The summed E-state index contributed by atoms with van der Waals surface area (Å²) in [4.78, 5) is 0. The molecule has 2 aromatic rings. The van der Waals surface area contributed by atoms with Gasteiger partial charge in [-0.05, 0) is 31.5 Å². The number of aromatic nitrogens is 2. The Morgan fingerprint density at radius 2 is 2.29 bits per heavy atom. The SMILES string of the molecule is NCCCc1[nH]nc2cc(F)ccc12. The average molecular weight is 193 g/mol. The van der Waals surface area contributed by atoms with Crippen LogP contribution in [-0.2, 0) is 6.42 Å². The third-order valence-corrected chi connectivity index (χ3v) is 2.23. The van der Waals surface area contributed by atoms with Crippen molar-refractivity contribution in [1.82, 2.24) is 10.2 Å². The van der Waals surface area contributed by atoms with Crippen LogP contribution in [0.15, 0.2) is 18.2 Å². The Morgan fingerprint density at radius 1 is 1.43 bits per heavy atom. The van der Waals surface area contributed by atoms with E-state index < -0.39 is 0 Å². The molecule has 1 aromatic heterocycles. The Hall–Kier alpha value is -1.42. The fourth-order valence-corrected chi connectivity index (χ4v) is 1.51. The summed E-state index contributed by atoms with van der Waals surface area (Å²) >= 11 is 0. The molecular weight excluding hydrogens is 181 g/mol. The van der Waals surface area contributed by atoms with Crippen molar-refractivity contribution in [3.05, 3.63) is 29.7 Å². The van der Waals surface area contributed by atoms with Crippen LogP contribution < -0.4 is 5.73 Å². The smallest absolute Gasteiger partial charge is 0.125 e. The molecule has 0 unspecified atom stereocenters. The molecule has 0 atom stereocenters. The molecule has 3 nitrogen and oxygen atoms in total. The van der Waals surface area contributed by atoms with Gasteiger partial charge in [0, 0.05) is 17.1 Å². The van der Waals surface area contributed by atoms with Gasteiger partial charge in [-0.25, -0.2) is 4.39 Å². The molecule has 0 amide bonds. The molecule has 4 heteroatoms. The Balaban J connectivity index is 2.37. The lowest BCUT2D eigenvalue weighted by atomic mass is 10.1. The minimum absolute atomic E-state index is 0.255. The van der Waals surface area contributed by atoms with Gasteiger partial charge in [-0.2, -0.15) is 5.10 Å². The first-order valence-electron chi connectivity index (χ1n) is 4.64. The van der Waals surface area contributed by atoms with E-state index in [9.17, 15) is 4.39 Å². The van der Waals surface area contributed by atoms with E-state index in [-0.39, 0.29) is 5.82 Å². The van der Waals surface area contributed by atoms with Crippen LogP contribution in [0.5, 0.6) is 0 Å². The van der Waals surface area contributed by atoms with Crippen LogP contribution in [0, 0.1) is 5.82 Å². The molecule has 74 valence electrons. The molecule has 0 radical (unpaired) electrons. The zero-order valence-corrected chi connectivity index (χ0v) is 7.76. The normalized spacial score (nSPS) is 11.0. The van der Waals surface area contributed by atoms with E-state index in [1.54, 1.807) is 6.07 Å². The van der Waals surface area contributed by atoms with Gasteiger partial charge in [0.05, 0.1) is 5.52 Å². The number of halogens is 1. The van der Waals surface area contributed by atoms with Gasteiger partial charge in [-0.3, -0.25) is 5.10 Å². The third-order valence-electron chi connectivity index (χ3n) is 2.23. The monoisotopic (exact) mass is 193 g/mol. The third kappa shape index (κ3) is 1.61. The summed E-state index contributed by atoms with van der Waals surface area (Å²) in [6.07, 6.45) is 1.77. The van der Waals surface area contributed by atoms with E-state index in [0.717, 1.165) is 23.9 Å². The fraction of sp³-hybridized carbons (Fsp3) is 0.300. The Bertz CT molecular complexity index is 436. The minimum atomic E-state index is -0.255. The number of aryl methyl sites for hydroxylation is 1. The van der Waals surface area contributed by atoms with Crippen molar-refractivity contribution in [3.8, 4) is 0 Å². The van der Waals surface area contributed by atoms with E-state index in [4.69, 9.17) is 5.73 Å². The maximum Gasteiger partial charge on any atom is 0.125 e. The van der Waals surface area contributed by atoms with Crippen LogP contribution in [0.3, 0.4) is 0 Å². The van der Waals surface area contributed by atoms with Crippen molar-refractivity contribution >= 4 is 10.9 Å². The van der Waals surface area contributed by atoms with Gasteiger partial charge in [0.1, 0.15) is 5.82 Å². The summed E-state index contributed by atoms with van der Waals surface area (Å²) in [6.45, 7) is 0.654. The molecule has 2 rings (SSSR count). The van der Waals surface area contributed by atoms with Crippen molar-refractivity contribution in [3.63, 3.8) is 0 Å². The van der Waals surface area contributed by atoms with Crippen LogP contribution in [0.2, 0.25) is 0 Å². The van der Waals surface area contributed by atoms with Gasteiger partial charge in [0.25, 0.3) is 0 Å². The minimum Gasteiger partial charge on any atom is -0.330 e. The highest BCUT2D eigenvalue weighted by Crippen LogP contribution is 2.17. The van der Waals surface area contributed by atoms with Crippen LogP contribution >= 0.6 is 0 Å².